The van der Waals surface area contributed by atoms with Gasteiger partial charge in [0.25, 0.3) is 5.91 Å². The normalized spacial score (nSPS) is 12.4. The van der Waals surface area contributed by atoms with Crippen LogP contribution in [0.25, 0.3) is 0 Å². The lowest BCUT2D eigenvalue weighted by Crippen LogP contribution is -2.36. The third-order valence-electron chi connectivity index (χ3n) is 6.35. The van der Waals surface area contributed by atoms with Crippen LogP contribution in [-0.2, 0) is 27.8 Å². The van der Waals surface area contributed by atoms with E-state index in [4.69, 9.17) is 4.74 Å². The Balaban J connectivity index is 1.83. The molecule has 0 bridgehead atoms. The molecule has 11 heteroatoms. The number of benzene rings is 2. The lowest BCUT2D eigenvalue weighted by molar-refractivity contribution is -0.141. The summed E-state index contributed by atoms with van der Waals surface area (Å²) in [5, 5.41) is 11.5. The quantitative estimate of drug-likeness (QED) is 0.311. The molecule has 0 fully saturated rings. The van der Waals surface area contributed by atoms with Crippen molar-refractivity contribution in [3.8, 4) is 5.75 Å². The average molecular weight is 574 g/mol. The zero-order chi connectivity index (χ0) is 28.7. The van der Waals surface area contributed by atoms with E-state index in [9.17, 15) is 23.1 Å². The average Bonchev–Trinajstić information content (AvgIpc) is 3.27. The Morgan fingerprint density at radius 3 is 2.41 bits per heavy atom. The van der Waals surface area contributed by atoms with Gasteiger partial charge in [-0.2, -0.15) is 0 Å². The summed E-state index contributed by atoms with van der Waals surface area (Å²) in [4.78, 5) is 32.8. The molecule has 0 spiro atoms. The van der Waals surface area contributed by atoms with E-state index < -0.39 is 33.6 Å². The van der Waals surface area contributed by atoms with E-state index in [1.54, 1.807) is 44.1 Å². The van der Waals surface area contributed by atoms with Crippen LogP contribution >= 0.6 is 11.3 Å². The van der Waals surface area contributed by atoms with Crippen molar-refractivity contribution in [3.63, 3.8) is 0 Å². The molecule has 210 valence electrons. The second kappa shape index (κ2) is 13.3. The molecule has 0 radical (unpaired) electrons. The van der Waals surface area contributed by atoms with Gasteiger partial charge in [-0.25, -0.2) is 17.7 Å². The summed E-state index contributed by atoms with van der Waals surface area (Å²) in [6.07, 6.45) is 0.00657. The van der Waals surface area contributed by atoms with E-state index in [-0.39, 0.29) is 12.2 Å². The Kier molecular flexibility index (Phi) is 10.4. The van der Waals surface area contributed by atoms with Gasteiger partial charge in [-0.15, -0.1) is 11.3 Å². The first kappa shape index (κ1) is 30.4. The molecule has 1 heterocycles. The highest BCUT2D eigenvalue weighted by atomic mass is 32.2. The molecule has 1 unspecified atom stereocenters. The minimum atomic E-state index is -3.74. The molecule has 2 aromatic carbocycles. The molecule has 0 aliphatic carbocycles. The Morgan fingerprint density at radius 1 is 1.10 bits per heavy atom. The Labute approximate surface area is 234 Å². The molecule has 1 amide bonds. The molecule has 9 nitrogen and oxygen atoms in total. The molecular formula is C28H35N3O6S2. The van der Waals surface area contributed by atoms with Gasteiger partial charge in [0.15, 0.2) is 11.9 Å². The lowest BCUT2D eigenvalue weighted by Gasteiger charge is -2.25. The lowest BCUT2D eigenvalue weighted by atomic mass is 10.0. The molecule has 0 aliphatic rings. The predicted octanol–water partition coefficient (Wildman–Crippen LogP) is 3.54. The highest BCUT2D eigenvalue weighted by molar-refractivity contribution is 7.89. The predicted molar refractivity (Wildman–Crippen MR) is 152 cm³/mol. The summed E-state index contributed by atoms with van der Waals surface area (Å²) in [5.41, 5.74) is 2.42. The molecule has 3 rings (SSSR count). The summed E-state index contributed by atoms with van der Waals surface area (Å²) >= 11 is 1.24. The van der Waals surface area contributed by atoms with Gasteiger partial charge in [-0.05, 0) is 55.5 Å². The number of aromatic nitrogens is 1. The Bertz CT molecular complexity index is 1400. The van der Waals surface area contributed by atoms with Gasteiger partial charge in [0.2, 0.25) is 10.0 Å². The first-order chi connectivity index (χ1) is 18.4. The standard InChI is InChI=1S/C28H35N3O6S2/c1-19-16-22(37-5)13-14-23(19)27(33)28(34)31(15-9-12-21-10-7-6-8-11-21)17-25-29-26(20(2)38-25)24(32)18-39(35,36)30(3)4/h6-8,10-11,13-14,16,27,33H,9,12,15,17-18H2,1-5H3. The molecule has 1 atom stereocenters. The number of carbonyl (C=O) groups is 2. The summed E-state index contributed by atoms with van der Waals surface area (Å²) in [6.45, 7) is 3.95. The van der Waals surface area contributed by atoms with E-state index in [2.05, 4.69) is 4.98 Å². The third kappa shape index (κ3) is 7.95. The van der Waals surface area contributed by atoms with Crippen molar-refractivity contribution in [2.24, 2.45) is 0 Å². The fourth-order valence-corrected chi connectivity index (χ4v) is 5.77. The van der Waals surface area contributed by atoms with Crippen molar-refractivity contribution in [2.45, 2.75) is 39.3 Å². The minimum Gasteiger partial charge on any atom is -0.497 e. The van der Waals surface area contributed by atoms with E-state index in [0.717, 1.165) is 21.9 Å². The van der Waals surface area contributed by atoms with Gasteiger partial charge in [0, 0.05) is 25.5 Å². The molecule has 39 heavy (non-hydrogen) atoms. The van der Waals surface area contributed by atoms with Crippen LogP contribution in [0.2, 0.25) is 0 Å². The van der Waals surface area contributed by atoms with Gasteiger partial charge in [0.1, 0.15) is 22.2 Å². The largest absolute Gasteiger partial charge is 0.497 e. The number of ether oxygens (including phenoxy) is 1. The van der Waals surface area contributed by atoms with E-state index in [1.807, 2.05) is 30.3 Å². The van der Waals surface area contributed by atoms with Crippen LogP contribution in [0.1, 0.15) is 49.6 Å². The first-order valence-corrected chi connectivity index (χ1v) is 14.9. The Morgan fingerprint density at radius 2 is 1.79 bits per heavy atom. The van der Waals surface area contributed by atoms with E-state index in [0.29, 0.717) is 34.2 Å². The number of aliphatic hydroxyl groups is 1. The number of aliphatic hydroxyl groups excluding tert-OH is 1. The molecular weight excluding hydrogens is 538 g/mol. The molecule has 0 saturated carbocycles. The summed E-state index contributed by atoms with van der Waals surface area (Å²) < 4.78 is 30.6. The zero-order valence-corrected chi connectivity index (χ0v) is 24.5. The van der Waals surface area contributed by atoms with Crippen molar-refractivity contribution >= 4 is 33.1 Å². The number of nitrogens with zero attached hydrogens (tertiary/aromatic N) is 3. The van der Waals surface area contributed by atoms with Crippen LogP contribution in [0, 0.1) is 13.8 Å². The van der Waals surface area contributed by atoms with Crippen molar-refractivity contribution in [1.29, 1.82) is 0 Å². The van der Waals surface area contributed by atoms with Crippen molar-refractivity contribution in [3.05, 3.63) is 80.8 Å². The maximum Gasteiger partial charge on any atom is 0.256 e. The second-order valence-electron chi connectivity index (χ2n) is 9.45. The maximum atomic E-state index is 13.6. The molecule has 1 N–H and O–H groups in total. The monoisotopic (exact) mass is 573 g/mol. The van der Waals surface area contributed by atoms with Crippen molar-refractivity contribution in [1.82, 2.24) is 14.2 Å². The highest BCUT2D eigenvalue weighted by Crippen LogP contribution is 2.26. The number of thiazole rings is 1. The number of methoxy groups -OCH3 is 1. The van der Waals surface area contributed by atoms with Gasteiger partial charge in [-0.3, -0.25) is 9.59 Å². The number of aryl methyl sites for hydroxylation is 3. The number of hydrogen-bond donors (Lipinski definition) is 1. The van der Waals surface area contributed by atoms with Crippen molar-refractivity contribution in [2.75, 3.05) is 33.5 Å². The number of carbonyl (C=O) groups excluding carboxylic acids is 2. The fraction of sp³-hybridized carbons (Fsp3) is 0.393. The number of Topliss-reactive ketones (excluding diaryl/α,β-unsaturated/α-hetero) is 1. The summed E-state index contributed by atoms with van der Waals surface area (Å²) in [6, 6.07) is 15.0. The number of ketones is 1. The minimum absolute atomic E-state index is 0.0824. The highest BCUT2D eigenvalue weighted by Gasteiger charge is 2.28. The van der Waals surface area contributed by atoms with Crippen LogP contribution in [0.15, 0.2) is 48.5 Å². The third-order valence-corrected chi connectivity index (χ3v) is 9.05. The van der Waals surface area contributed by atoms with E-state index >= 15 is 0 Å². The maximum absolute atomic E-state index is 13.6. The SMILES string of the molecule is COc1ccc(C(O)C(=O)N(CCCc2ccccc2)Cc2nc(C(=O)CS(=O)(=O)N(C)C)c(C)s2)c(C)c1. The molecule has 0 aliphatic heterocycles. The number of amides is 1. The van der Waals surface area contributed by atoms with Crippen LogP contribution in [0.4, 0.5) is 0 Å². The molecule has 0 saturated heterocycles. The van der Waals surface area contributed by atoms with Crippen LogP contribution in [-0.4, -0.2) is 72.9 Å². The smallest absolute Gasteiger partial charge is 0.256 e. The summed E-state index contributed by atoms with van der Waals surface area (Å²) in [5.74, 6) is -1.13. The zero-order valence-electron chi connectivity index (χ0n) is 22.9. The van der Waals surface area contributed by atoms with Crippen molar-refractivity contribution < 1.29 is 27.9 Å². The van der Waals surface area contributed by atoms with Gasteiger partial charge < -0.3 is 14.7 Å². The second-order valence-corrected chi connectivity index (χ2v) is 12.9. The first-order valence-electron chi connectivity index (χ1n) is 12.5. The number of hydrogen-bond acceptors (Lipinski definition) is 8. The van der Waals surface area contributed by atoms with E-state index in [1.165, 1.54) is 25.4 Å². The van der Waals surface area contributed by atoms with Crippen LogP contribution in [0.5, 0.6) is 5.75 Å². The number of sulfonamides is 1. The molecule has 1 aromatic heterocycles. The Hall–Kier alpha value is -3.12. The van der Waals surface area contributed by atoms with Crippen LogP contribution in [0.3, 0.4) is 0 Å². The molecule has 3 aromatic rings. The number of rotatable bonds is 13. The van der Waals surface area contributed by atoms with Gasteiger partial charge in [0.05, 0.1) is 13.7 Å². The van der Waals surface area contributed by atoms with Crippen LogP contribution < -0.4 is 4.74 Å². The fourth-order valence-electron chi connectivity index (χ4n) is 4.08. The topological polar surface area (TPSA) is 117 Å². The van der Waals surface area contributed by atoms with Gasteiger partial charge in [-0.1, -0.05) is 36.4 Å². The summed E-state index contributed by atoms with van der Waals surface area (Å²) in [7, 11) is 0.557. The van der Waals surface area contributed by atoms with Gasteiger partial charge >= 0.3 is 0 Å².